The third kappa shape index (κ3) is 5.03. The molecule has 0 saturated heterocycles. The van der Waals surface area contributed by atoms with Crippen molar-refractivity contribution in [3.63, 3.8) is 0 Å². The summed E-state index contributed by atoms with van der Waals surface area (Å²) in [5.74, 6) is -0.621. The van der Waals surface area contributed by atoms with Crippen LogP contribution in [0.25, 0.3) is 0 Å². The van der Waals surface area contributed by atoms with Crippen molar-refractivity contribution >= 4 is 11.9 Å². The maximum absolute atomic E-state index is 11.5. The highest BCUT2D eigenvalue weighted by atomic mass is 16.5. The molecule has 0 aromatic rings. The Kier molecular flexibility index (Phi) is 6.56. The van der Waals surface area contributed by atoms with E-state index in [0.717, 1.165) is 12.8 Å². The second-order valence-electron chi connectivity index (χ2n) is 4.91. The Labute approximate surface area is 114 Å². The average molecular weight is 268 g/mol. The Morgan fingerprint density at radius 3 is 2.47 bits per heavy atom. The second kappa shape index (κ2) is 7.94. The number of carbonyl (C=O) groups is 2. The van der Waals surface area contributed by atoms with Crippen LogP contribution in [0.1, 0.15) is 39.0 Å². The summed E-state index contributed by atoms with van der Waals surface area (Å²) < 4.78 is 4.72. The molecule has 0 radical (unpaired) electrons. The van der Waals surface area contributed by atoms with Crippen molar-refractivity contribution in [2.45, 2.75) is 45.1 Å². The molecule has 108 valence electrons. The van der Waals surface area contributed by atoms with Crippen molar-refractivity contribution in [3.05, 3.63) is 11.6 Å². The number of amides is 1. The van der Waals surface area contributed by atoms with Gasteiger partial charge in [0.1, 0.15) is 0 Å². The van der Waals surface area contributed by atoms with E-state index in [1.807, 2.05) is 13.0 Å². The van der Waals surface area contributed by atoms with Gasteiger partial charge in [0, 0.05) is 18.2 Å². The second-order valence-corrected chi connectivity index (χ2v) is 4.91. The summed E-state index contributed by atoms with van der Waals surface area (Å²) in [4.78, 5) is 24.7. The summed E-state index contributed by atoms with van der Waals surface area (Å²) in [5.41, 5.74) is 5.94. The van der Waals surface area contributed by atoms with Gasteiger partial charge in [-0.05, 0) is 19.3 Å². The first-order chi connectivity index (χ1) is 9.08. The van der Waals surface area contributed by atoms with Crippen LogP contribution in [0, 0.1) is 0 Å². The number of rotatable bonds is 7. The Hall–Kier alpha value is -1.36. The van der Waals surface area contributed by atoms with Crippen molar-refractivity contribution < 1.29 is 14.3 Å². The first kappa shape index (κ1) is 15.7. The van der Waals surface area contributed by atoms with Crippen LogP contribution in [0.5, 0.6) is 0 Å². The Balaban J connectivity index is 2.67. The highest BCUT2D eigenvalue weighted by Gasteiger charge is 2.23. The normalized spacial score (nSPS) is 16.9. The molecule has 1 saturated carbocycles. The largest absolute Gasteiger partial charge is 0.466 e. The Morgan fingerprint density at radius 1 is 1.37 bits per heavy atom. The molecular weight excluding hydrogens is 244 g/mol. The molecule has 0 bridgehead atoms. The molecular formula is C14H24N2O3. The Morgan fingerprint density at radius 2 is 2.00 bits per heavy atom. The summed E-state index contributed by atoms with van der Waals surface area (Å²) in [6.07, 6.45) is 7.07. The number of hydrogen-bond acceptors (Lipinski definition) is 4. The highest BCUT2D eigenvalue weighted by molar-refractivity contribution is 5.88. The molecule has 1 rings (SSSR count). The summed E-state index contributed by atoms with van der Waals surface area (Å²) in [6.45, 7) is 2.74. The number of methoxy groups -OCH3 is 1. The zero-order valence-electron chi connectivity index (χ0n) is 11.9. The van der Waals surface area contributed by atoms with E-state index in [1.54, 1.807) is 0 Å². The van der Waals surface area contributed by atoms with Crippen molar-refractivity contribution in [1.29, 1.82) is 0 Å². The molecule has 0 unspecified atom stereocenters. The predicted molar refractivity (Wildman–Crippen MR) is 73.4 cm³/mol. The molecule has 1 amide bonds. The first-order valence-electron chi connectivity index (χ1n) is 6.88. The van der Waals surface area contributed by atoms with Gasteiger partial charge >= 0.3 is 5.97 Å². The number of esters is 1. The lowest BCUT2D eigenvalue weighted by atomic mass is 10.1. The molecule has 1 aliphatic carbocycles. The van der Waals surface area contributed by atoms with Gasteiger partial charge in [0.05, 0.1) is 13.7 Å². The van der Waals surface area contributed by atoms with E-state index in [-0.39, 0.29) is 18.4 Å². The van der Waals surface area contributed by atoms with Crippen LogP contribution in [-0.2, 0) is 14.3 Å². The summed E-state index contributed by atoms with van der Waals surface area (Å²) >= 11 is 0. The molecule has 2 N–H and O–H groups in total. The van der Waals surface area contributed by atoms with E-state index in [9.17, 15) is 9.59 Å². The molecule has 1 fully saturated rings. The average Bonchev–Trinajstić information content (AvgIpc) is 2.91. The highest BCUT2D eigenvalue weighted by Crippen LogP contribution is 2.23. The van der Waals surface area contributed by atoms with E-state index in [0.29, 0.717) is 24.6 Å². The third-order valence-corrected chi connectivity index (χ3v) is 3.60. The molecule has 5 heteroatoms. The number of hydrogen-bond donors (Lipinski definition) is 1. The van der Waals surface area contributed by atoms with Gasteiger partial charge in [-0.2, -0.15) is 0 Å². The maximum atomic E-state index is 11.5. The number of nitrogens with zero attached hydrogens (tertiary/aromatic N) is 1. The van der Waals surface area contributed by atoms with Crippen LogP contribution < -0.4 is 5.73 Å². The topological polar surface area (TPSA) is 72.6 Å². The molecule has 0 aromatic heterocycles. The molecule has 0 spiro atoms. The SMILES string of the molecule is CCC(=CCN(CC(N)=O)C1CCCC1)C(=O)OC. The molecule has 1 aliphatic rings. The number of nitrogens with two attached hydrogens (primary N) is 1. The number of carbonyl (C=O) groups excluding carboxylic acids is 2. The summed E-state index contributed by atoms with van der Waals surface area (Å²) in [7, 11) is 1.38. The fraction of sp³-hybridized carbons (Fsp3) is 0.714. The van der Waals surface area contributed by atoms with Gasteiger partial charge in [0.2, 0.25) is 5.91 Å². The van der Waals surface area contributed by atoms with Crippen LogP contribution in [0.15, 0.2) is 11.6 Å². The van der Waals surface area contributed by atoms with Crippen molar-refractivity contribution in [3.8, 4) is 0 Å². The fourth-order valence-electron chi connectivity index (χ4n) is 2.54. The van der Waals surface area contributed by atoms with Crippen molar-refractivity contribution in [2.24, 2.45) is 5.73 Å². The maximum Gasteiger partial charge on any atom is 0.333 e. The molecule has 0 aromatic carbocycles. The van der Waals surface area contributed by atoms with E-state index in [1.165, 1.54) is 20.0 Å². The predicted octanol–water partition coefficient (Wildman–Crippen LogP) is 1.23. The number of primary amides is 1. The molecule has 19 heavy (non-hydrogen) atoms. The summed E-state index contributed by atoms with van der Waals surface area (Å²) in [6, 6.07) is 0.402. The van der Waals surface area contributed by atoms with Gasteiger partial charge in [-0.25, -0.2) is 4.79 Å². The molecule has 0 aliphatic heterocycles. The lowest BCUT2D eigenvalue weighted by Gasteiger charge is -2.26. The zero-order valence-corrected chi connectivity index (χ0v) is 11.9. The number of ether oxygens (including phenoxy) is 1. The van der Waals surface area contributed by atoms with Gasteiger partial charge in [-0.3, -0.25) is 9.69 Å². The molecule has 0 heterocycles. The van der Waals surface area contributed by atoms with Crippen molar-refractivity contribution in [1.82, 2.24) is 4.90 Å². The zero-order chi connectivity index (χ0) is 14.3. The van der Waals surface area contributed by atoms with Crippen LogP contribution in [0.2, 0.25) is 0 Å². The first-order valence-corrected chi connectivity index (χ1v) is 6.88. The Bertz CT molecular complexity index is 347. The van der Waals surface area contributed by atoms with E-state index < -0.39 is 0 Å². The minimum atomic E-state index is -0.323. The third-order valence-electron chi connectivity index (χ3n) is 3.60. The standard InChI is InChI=1S/C14H24N2O3/c1-3-11(14(18)19-2)8-9-16(10-13(15)17)12-6-4-5-7-12/h8,12H,3-7,9-10H2,1-2H3,(H2,15,17). The monoisotopic (exact) mass is 268 g/mol. The van der Waals surface area contributed by atoms with E-state index in [2.05, 4.69) is 4.90 Å². The van der Waals surface area contributed by atoms with Gasteiger partial charge in [-0.15, -0.1) is 0 Å². The minimum Gasteiger partial charge on any atom is -0.466 e. The van der Waals surface area contributed by atoms with Crippen molar-refractivity contribution in [2.75, 3.05) is 20.2 Å². The van der Waals surface area contributed by atoms with Crippen LogP contribution in [-0.4, -0.2) is 43.0 Å². The summed E-state index contributed by atoms with van der Waals surface area (Å²) in [5, 5.41) is 0. The van der Waals surface area contributed by atoms with Gasteiger partial charge < -0.3 is 10.5 Å². The van der Waals surface area contributed by atoms with Gasteiger partial charge in [-0.1, -0.05) is 25.8 Å². The molecule has 0 atom stereocenters. The lowest BCUT2D eigenvalue weighted by Crippen LogP contribution is -2.40. The van der Waals surface area contributed by atoms with Gasteiger partial charge in [0.25, 0.3) is 0 Å². The van der Waals surface area contributed by atoms with Crippen LogP contribution in [0.3, 0.4) is 0 Å². The van der Waals surface area contributed by atoms with E-state index >= 15 is 0 Å². The lowest BCUT2D eigenvalue weighted by molar-refractivity contribution is -0.136. The quantitative estimate of drug-likeness (QED) is 0.556. The minimum absolute atomic E-state index is 0.249. The van der Waals surface area contributed by atoms with Crippen LogP contribution >= 0.6 is 0 Å². The smallest absolute Gasteiger partial charge is 0.333 e. The van der Waals surface area contributed by atoms with E-state index in [4.69, 9.17) is 10.5 Å². The fourth-order valence-corrected chi connectivity index (χ4v) is 2.54. The van der Waals surface area contributed by atoms with Crippen LogP contribution in [0.4, 0.5) is 0 Å². The molecule has 5 nitrogen and oxygen atoms in total. The van der Waals surface area contributed by atoms with Gasteiger partial charge in [0.15, 0.2) is 0 Å².